The molecule has 4 nitrogen and oxygen atoms in total. The zero-order valence-corrected chi connectivity index (χ0v) is 16.7. The molecular formula is C23H22N2O2S. The first-order valence-electron chi connectivity index (χ1n) is 8.97. The molecule has 2 N–H and O–H groups in total. The quantitative estimate of drug-likeness (QED) is 0.563. The van der Waals surface area contributed by atoms with Crippen LogP contribution in [0.1, 0.15) is 21.5 Å². The van der Waals surface area contributed by atoms with Crippen LogP contribution in [0.15, 0.2) is 77.7 Å². The fourth-order valence-corrected chi connectivity index (χ4v) is 3.40. The van der Waals surface area contributed by atoms with Crippen molar-refractivity contribution in [1.82, 2.24) is 0 Å². The molecule has 3 aromatic rings. The summed E-state index contributed by atoms with van der Waals surface area (Å²) >= 11 is 1.43. The molecule has 0 aliphatic heterocycles. The first-order chi connectivity index (χ1) is 13.5. The predicted octanol–water partition coefficient (Wildman–Crippen LogP) is 5.29. The van der Waals surface area contributed by atoms with Crippen LogP contribution >= 0.6 is 11.8 Å². The Morgan fingerprint density at radius 2 is 1.46 bits per heavy atom. The van der Waals surface area contributed by atoms with Crippen molar-refractivity contribution >= 4 is 35.0 Å². The lowest BCUT2D eigenvalue weighted by molar-refractivity contribution is -0.113. The third-order valence-corrected chi connectivity index (χ3v) is 5.07. The Kier molecular flexibility index (Phi) is 6.50. The lowest BCUT2D eigenvalue weighted by atomic mass is 10.1. The van der Waals surface area contributed by atoms with Gasteiger partial charge < -0.3 is 10.6 Å². The Labute approximate surface area is 169 Å². The van der Waals surface area contributed by atoms with Crippen LogP contribution in [0.3, 0.4) is 0 Å². The summed E-state index contributed by atoms with van der Waals surface area (Å²) < 4.78 is 0. The van der Waals surface area contributed by atoms with Crippen LogP contribution in [0, 0.1) is 13.8 Å². The maximum Gasteiger partial charge on any atom is 0.255 e. The van der Waals surface area contributed by atoms with Gasteiger partial charge >= 0.3 is 0 Å². The average molecular weight is 391 g/mol. The molecule has 0 radical (unpaired) electrons. The van der Waals surface area contributed by atoms with Gasteiger partial charge in [0, 0.05) is 21.8 Å². The van der Waals surface area contributed by atoms with Crippen LogP contribution in [-0.4, -0.2) is 17.6 Å². The highest BCUT2D eigenvalue weighted by Gasteiger charge is 2.08. The molecule has 0 aliphatic carbocycles. The highest BCUT2D eigenvalue weighted by Crippen LogP contribution is 2.22. The second kappa shape index (κ2) is 9.24. The molecule has 142 valence electrons. The number of hydrogen-bond acceptors (Lipinski definition) is 3. The van der Waals surface area contributed by atoms with Gasteiger partial charge in [0.25, 0.3) is 5.91 Å². The van der Waals surface area contributed by atoms with E-state index in [4.69, 9.17) is 0 Å². The summed E-state index contributed by atoms with van der Waals surface area (Å²) in [5.41, 5.74) is 4.32. The van der Waals surface area contributed by atoms with Crippen LogP contribution in [0.5, 0.6) is 0 Å². The SMILES string of the molecule is Cc1ccc(C(=O)Nc2cccc(SCC(=O)Nc3cccc(C)c3)c2)cc1. The molecule has 0 saturated carbocycles. The van der Waals surface area contributed by atoms with Gasteiger partial charge in [0.05, 0.1) is 5.75 Å². The van der Waals surface area contributed by atoms with Gasteiger partial charge in [0.2, 0.25) is 5.91 Å². The molecule has 0 saturated heterocycles. The van der Waals surface area contributed by atoms with E-state index in [2.05, 4.69) is 10.6 Å². The molecule has 0 fully saturated rings. The fraction of sp³-hybridized carbons (Fsp3) is 0.130. The molecule has 0 aromatic heterocycles. The standard InChI is InChI=1S/C23H22N2O2S/c1-16-9-11-18(12-10-16)23(27)25-20-7-4-8-21(14-20)28-15-22(26)24-19-6-3-5-17(2)13-19/h3-14H,15H2,1-2H3,(H,24,26)(H,25,27). The zero-order valence-electron chi connectivity index (χ0n) is 15.9. The average Bonchev–Trinajstić information content (AvgIpc) is 2.67. The number of anilines is 2. The largest absolute Gasteiger partial charge is 0.325 e. The molecule has 5 heteroatoms. The lowest BCUT2D eigenvalue weighted by Gasteiger charge is -2.08. The molecule has 28 heavy (non-hydrogen) atoms. The number of benzene rings is 3. The van der Waals surface area contributed by atoms with E-state index in [9.17, 15) is 9.59 Å². The number of amides is 2. The number of carbonyl (C=O) groups excluding carboxylic acids is 2. The molecule has 0 spiro atoms. The topological polar surface area (TPSA) is 58.2 Å². The Bertz CT molecular complexity index is 984. The van der Waals surface area contributed by atoms with Gasteiger partial charge in [-0.15, -0.1) is 11.8 Å². The maximum atomic E-state index is 12.4. The van der Waals surface area contributed by atoms with Gasteiger partial charge in [-0.2, -0.15) is 0 Å². The van der Waals surface area contributed by atoms with E-state index in [1.165, 1.54) is 11.8 Å². The fourth-order valence-electron chi connectivity index (χ4n) is 2.64. The van der Waals surface area contributed by atoms with Gasteiger partial charge in [-0.3, -0.25) is 9.59 Å². The number of aryl methyl sites for hydroxylation is 2. The smallest absolute Gasteiger partial charge is 0.255 e. The van der Waals surface area contributed by atoms with E-state index in [0.717, 1.165) is 21.7 Å². The van der Waals surface area contributed by atoms with Crippen LogP contribution in [-0.2, 0) is 4.79 Å². The molecule has 0 aliphatic rings. The predicted molar refractivity (Wildman–Crippen MR) is 116 cm³/mol. The number of nitrogens with one attached hydrogen (secondary N) is 2. The van der Waals surface area contributed by atoms with E-state index in [1.807, 2.05) is 74.5 Å². The Morgan fingerprint density at radius 3 is 2.18 bits per heavy atom. The minimum Gasteiger partial charge on any atom is -0.325 e. The first-order valence-corrected chi connectivity index (χ1v) is 9.95. The second-order valence-corrected chi connectivity index (χ2v) is 7.60. The van der Waals surface area contributed by atoms with E-state index in [0.29, 0.717) is 17.0 Å². The van der Waals surface area contributed by atoms with Crippen molar-refractivity contribution in [2.75, 3.05) is 16.4 Å². The van der Waals surface area contributed by atoms with Gasteiger partial charge in [-0.25, -0.2) is 0 Å². The van der Waals surface area contributed by atoms with Crippen molar-refractivity contribution in [3.8, 4) is 0 Å². The number of carbonyl (C=O) groups is 2. The van der Waals surface area contributed by atoms with Crippen molar-refractivity contribution in [3.63, 3.8) is 0 Å². The molecule has 3 aromatic carbocycles. The van der Waals surface area contributed by atoms with E-state index in [1.54, 1.807) is 12.1 Å². The Morgan fingerprint density at radius 1 is 0.786 bits per heavy atom. The molecule has 3 rings (SSSR count). The van der Waals surface area contributed by atoms with Crippen molar-refractivity contribution in [2.45, 2.75) is 18.7 Å². The summed E-state index contributed by atoms with van der Waals surface area (Å²) in [7, 11) is 0. The third kappa shape index (κ3) is 5.72. The molecule has 0 unspecified atom stereocenters. The first kappa shape index (κ1) is 19.7. The summed E-state index contributed by atoms with van der Waals surface area (Å²) in [6.07, 6.45) is 0. The summed E-state index contributed by atoms with van der Waals surface area (Å²) in [5.74, 6) is 0.0765. The van der Waals surface area contributed by atoms with Gasteiger partial charge in [-0.05, 0) is 61.9 Å². The van der Waals surface area contributed by atoms with Gasteiger partial charge in [0.1, 0.15) is 0 Å². The van der Waals surface area contributed by atoms with E-state index < -0.39 is 0 Å². The van der Waals surface area contributed by atoms with E-state index in [-0.39, 0.29) is 11.8 Å². The van der Waals surface area contributed by atoms with Crippen molar-refractivity contribution in [3.05, 3.63) is 89.5 Å². The van der Waals surface area contributed by atoms with Crippen LogP contribution in [0.25, 0.3) is 0 Å². The van der Waals surface area contributed by atoms with Crippen LogP contribution in [0.4, 0.5) is 11.4 Å². The van der Waals surface area contributed by atoms with Crippen LogP contribution in [0.2, 0.25) is 0 Å². The van der Waals surface area contributed by atoms with Gasteiger partial charge in [0.15, 0.2) is 0 Å². The normalized spacial score (nSPS) is 10.4. The molecule has 0 bridgehead atoms. The highest BCUT2D eigenvalue weighted by molar-refractivity contribution is 8.00. The highest BCUT2D eigenvalue weighted by atomic mass is 32.2. The maximum absolute atomic E-state index is 12.4. The third-order valence-electron chi connectivity index (χ3n) is 4.08. The molecule has 0 atom stereocenters. The molecule has 0 heterocycles. The molecule has 2 amide bonds. The lowest BCUT2D eigenvalue weighted by Crippen LogP contribution is -2.14. The van der Waals surface area contributed by atoms with Crippen molar-refractivity contribution < 1.29 is 9.59 Å². The Balaban J connectivity index is 1.56. The molecular weight excluding hydrogens is 368 g/mol. The van der Waals surface area contributed by atoms with Crippen LogP contribution < -0.4 is 10.6 Å². The zero-order chi connectivity index (χ0) is 19.9. The van der Waals surface area contributed by atoms with Crippen molar-refractivity contribution in [1.29, 1.82) is 0 Å². The number of rotatable bonds is 6. The number of hydrogen-bond donors (Lipinski definition) is 2. The Hall–Kier alpha value is -3.05. The summed E-state index contributed by atoms with van der Waals surface area (Å²) in [6, 6.07) is 22.6. The summed E-state index contributed by atoms with van der Waals surface area (Å²) in [4.78, 5) is 25.4. The monoisotopic (exact) mass is 390 g/mol. The number of thioether (sulfide) groups is 1. The second-order valence-electron chi connectivity index (χ2n) is 6.55. The summed E-state index contributed by atoms with van der Waals surface area (Å²) in [6.45, 7) is 3.97. The minimum atomic E-state index is -0.153. The minimum absolute atomic E-state index is 0.0651. The van der Waals surface area contributed by atoms with Gasteiger partial charge in [-0.1, -0.05) is 35.9 Å². The summed E-state index contributed by atoms with van der Waals surface area (Å²) in [5, 5.41) is 5.80. The van der Waals surface area contributed by atoms with E-state index >= 15 is 0 Å². The van der Waals surface area contributed by atoms with Crippen molar-refractivity contribution in [2.24, 2.45) is 0 Å².